The minimum absolute atomic E-state index is 0.0278. The summed E-state index contributed by atoms with van der Waals surface area (Å²) in [6, 6.07) is 7.64. The van der Waals surface area contributed by atoms with Crippen LogP contribution in [-0.4, -0.2) is 50.4 Å². The van der Waals surface area contributed by atoms with Crippen LogP contribution in [0.5, 0.6) is 0 Å². The van der Waals surface area contributed by atoms with Crippen LogP contribution in [0.4, 0.5) is 0 Å². The van der Waals surface area contributed by atoms with Crippen molar-refractivity contribution in [2.24, 2.45) is 5.92 Å². The van der Waals surface area contributed by atoms with Crippen molar-refractivity contribution in [3.8, 4) is 0 Å². The zero-order valence-electron chi connectivity index (χ0n) is 12.6. The Morgan fingerprint density at radius 3 is 2.86 bits per heavy atom. The van der Waals surface area contributed by atoms with E-state index in [1.165, 1.54) is 0 Å². The lowest BCUT2D eigenvalue weighted by Crippen LogP contribution is -2.32. The predicted octanol–water partition coefficient (Wildman–Crippen LogP) is 0.821. The number of aryl methyl sites for hydroxylation is 1. The number of aliphatic hydroxyl groups is 1. The molecular formula is C16H20N4O2. The number of carbonyl (C=O) groups excluding carboxylic acids is 1. The third-order valence-corrected chi connectivity index (χ3v) is 4.17. The van der Waals surface area contributed by atoms with Gasteiger partial charge in [-0.05, 0) is 25.1 Å². The molecule has 0 saturated carbocycles. The van der Waals surface area contributed by atoms with Gasteiger partial charge in [-0.1, -0.05) is 6.07 Å². The highest BCUT2D eigenvalue weighted by molar-refractivity contribution is 5.76. The van der Waals surface area contributed by atoms with Crippen molar-refractivity contribution >= 4 is 5.91 Å². The zero-order chi connectivity index (χ0) is 15.5. The van der Waals surface area contributed by atoms with Gasteiger partial charge < -0.3 is 10.0 Å². The summed E-state index contributed by atoms with van der Waals surface area (Å²) in [6.45, 7) is 3.36. The third kappa shape index (κ3) is 3.01. The van der Waals surface area contributed by atoms with Crippen LogP contribution >= 0.6 is 0 Å². The van der Waals surface area contributed by atoms with Crippen molar-refractivity contribution in [3.63, 3.8) is 0 Å². The number of amides is 1. The number of hydrogen-bond donors (Lipinski definition) is 1. The molecule has 2 aromatic rings. The van der Waals surface area contributed by atoms with E-state index in [9.17, 15) is 9.90 Å². The van der Waals surface area contributed by atoms with Gasteiger partial charge in [-0.3, -0.25) is 14.5 Å². The molecule has 0 bridgehead atoms. The van der Waals surface area contributed by atoms with Crippen molar-refractivity contribution in [2.75, 3.05) is 19.7 Å². The summed E-state index contributed by atoms with van der Waals surface area (Å²) < 4.78 is 1.65. The highest BCUT2D eigenvalue weighted by Crippen LogP contribution is 2.31. The smallest absolute Gasteiger partial charge is 0.244 e. The molecular weight excluding hydrogens is 280 g/mol. The number of hydrogen-bond acceptors (Lipinski definition) is 4. The van der Waals surface area contributed by atoms with Gasteiger partial charge in [0.05, 0.1) is 5.69 Å². The topological polar surface area (TPSA) is 71.2 Å². The molecule has 0 aliphatic carbocycles. The van der Waals surface area contributed by atoms with E-state index in [0.717, 1.165) is 11.4 Å². The molecule has 1 aliphatic rings. The number of pyridine rings is 1. The lowest BCUT2D eigenvalue weighted by Gasteiger charge is -2.16. The van der Waals surface area contributed by atoms with Crippen molar-refractivity contribution < 1.29 is 9.90 Å². The van der Waals surface area contributed by atoms with Crippen LogP contribution in [0.2, 0.25) is 0 Å². The standard InChI is InChI=1S/C16H20N4O2/c1-12-5-7-20(18-12)10-16(22)19-8-13(11-21)14(9-19)15-4-2-3-6-17-15/h2-7,13-14,21H,8-11H2,1H3/t13-,14+/m0/s1. The number of aromatic nitrogens is 3. The van der Waals surface area contributed by atoms with Crippen LogP contribution in [0.15, 0.2) is 36.7 Å². The summed E-state index contributed by atoms with van der Waals surface area (Å²) in [5.41, 5.74) is 1.83. The van der Waals surface area contributed by atoms with Gasteiger partial charge in [0.1, 0.15) is 6.54 Å². The maximum atomic E-state index is 12.4. The van der Waals surface area contributed by atoms with Gasteiger partial charge in [0.15, 0.2) is 0 Å². The first-order valence-electron chi connectivity index (χ1n) is 7.47. The van der Waals surface area contributed by atoms with Crippen LogP contribution in [0.1, 0.15) is 17.3 Å². The first kappa shape index (κ1) is 14.7. The molecule has 1 aliphatic heterocycles. The Balaban J connectivity index is 1.69. The molecule has 1 amide bonds. The lowest BCUT2D eigenvalue weighted by atomic mass is 9.93. The average molecular weight is 300 g/mol. The molecule has 1 fully saturated rings. The first-order chi connectivity index (χ1) is 10.7. The fraction of sp³-hybridized carbons (Fsp3) is 0.438. The SMILES string of the molecule is Cc1ccn(CC(=O)N2C[C@@H](CO)[C@H](c3ccccn3)C2)n1. The van der Waals surface area contributed by atoms with Crippen LogP contribution in [0.25, 0.3) is 0 Å². The molecule has 2 aromatic heterocycles. The highest BCUT2D eigenvalue weighted by Gasteiger charge is 2.36. The van der Waals surface area contributed by atoms with Crippen molar-refractivity contribution in [1.29, 1.82) is 0 Å². The predicted molar refractivity (Wildman–Crippen MR) is 81.1 cm³/mol. The Bertz CT molecular complexity index is 641. The van der Waals surface area contributed by atoms with E-state index in [1.807, 2.05) is 37.4 Å². The van der Waals surface area contributed by atoms with E-state index in [4.69, 9.17) is 0 Å². The molecule has 6 heteroatoms. The first-order valence-corrected chi connectivity index (χ1v) is 7.47. The molecule has 0 spiro atoms. The summed E-state index contributed by atoms with van der Waals surface area (Å²) >= 11 is 0. The Labute approximate surface area is 129 Å². The molecule has 3 rings (SSSR count). The monoisotopic (exact) mass is 300 g/mol. The Morgan fingerprint density at radius 2 is 2.23 bits per heavy atom. The molecule has 0 radical (unpaired) electrons. The maximum Gasteiger partial charge on any atom is 0.244 e. The van der Waals surface area contributed by atoms with Gasteiger partial charge in [-0.15, -0.1) is 0 Å². The summed E-state index contributed by atoms with van der Waals surface area (Å²) in [4.78, 5) is 18.6. The van der Waals surface area contributed by atoms with Crippen molar-refractivity contribution in [1.82, 2.24) is 19.7 Å². The molecule has 2 atom stereocenters. The normalized spacial score (nSPS) is 21.3. The summed E-state index contributed by atoms with van der Waals surface area (Å²) in [5, 5.41) is 13.9. The van der Waals surface area contributed by atoms with E-state index in [0.29, 0.717) is 13.1 Å². The van der Waals surface area contributed by atoms with Gasteiger partial charge >= 0.3 is 0 Å². The second-order valence-electron chi connectivity index (χ2n) is 5.76. The summed E-state index contributed by atoms with van der Waals surface area (Å²) in [6.07, 6.45) is 3.56. The van der Waals surface area contributed by atoms with Crippen LogP contribution in [0.3, 0.4) is 0 Å². The molecule has 116 valence electrons. The number of nitrogens with zero attached hydrogens (tertiary/aromatic N) is 4. The van der Waals surface area contributed by atoms with Crippen LogP contribution < -0.4 is 0 Å². The number of rotatable bonds is 4. The molecule has 0 unspecified atom stereocenters. The van der Waals surface area contributed by atoms with Crippen molar-refractivity contribution in [3.05, 3.63) is 48.0 Å². The molecule has 1 N–H and O–H groups in total. The molecule has 6 nitrogen and oxygen atoms in total. The van der Waals surface area contributed by atoms with E-state index in [1.54, 1.807) is 15.8 Å². The summed E-state index contributed by atoms with van der Waals surface area (Å²) in [7, 11) is 0. The Kier molecular flexibility index (Phi) is 4.20. The molecule has 22 heavy (non-hydrogen) atoms. The van der Waals surface area contributed by atoms with Gasteiger partial charge in [-0.25, -0.2) is 0 Å². The second kappa shape index (κ2) is 6.27. The number of likely N-dealkylation sites (tertiary alicyclic amines) is 1. The lowest BCUT2D eigenvalue weighted by molar-refractivity contribution is -0.131. The zero-order valence-corrected chi connectivity index (χ0v) is 12.6. The van der Waals surface area contributed by atoms with Gasteiger partial charge in [0.2, 0.25) is 5.91 Å². The third-order valence-electron chi connectivity index (χ3n) is 4.17. The van der Waals surface area contributed by atoms with Crippen LogP contribution in [-0.2, 0) is 11.3 Å². The average Bonchev–Trinajstić information content (AvgIpc) is 3.14. The van der Waals surface area contributed by atoms with E-state index in [2.05, 4.69) is 10.1 Å². The van der Waals surface area contributed by atoms with E-state index < -0.39 is 0 Å². The largest absolute Gasteiger partial charge is 0.396 e. The van der Waals surface area contributed by atoms with Gasteiger partial charge in [0.25, 0.3) is 0 Å². The quantitative estimate of drug-likeness (QED) is 0.907. The van der Waals surface area contributed by atoms with Gasteiger partial charge in [-0.2, -0.15) is 5.10 Å². The molecule has 0 aromatic carbocycles. The minimum atomic E-state index is 0.0278. The maximum absolute atomic E-state index is 12.4. The Morgan fingerprint density at radius 1 is 1.36 bits per heavy atom. The molecule has 1 saturated heterocycles. The minimum Gasteiger partial charge on any atom is -0.396 e. The summed E-state index contributed by atoms with van der Waals surface area (Å²) in [5.74, 6) is 0.160. The highest BCUT2D eigenvalue weighted by atomic mass is 16.3. The van der Waals surface area contributed by atoms with E-state index >= 15 is 0 Å². The second-order valence-corrected chi connectivity index (χ2v) is 5.76. The number of carbonyl (C=O) groups is 1. The van der Waals surface area contributed by atoms with Gasteiger partial charge in [0, 0.05) is 49.6 Å². The molecule has 3 heterocycles. The fourth-order valence-electron chi connectivity index (χ4n) is 2.98. The van der Waals surface area contributed by atoms with E-state index in [-0.39, 0.29) is 30.9 Å². The number of aliphatic hydroxyl groups excluding tert-OH is 1. The van der Waals surface area contributed by atoms with Crippen LogP contribution in [0, 0.1) is 12.8 Å². The Hall–Kier alpha value is -2.21. The van der Waals surface area contributed by atoms with Crippen molar-refractivity contribution in [2.45, 2.75) is 19.4 Å². The fourth-order valence-corrected chi connectivity index (χ4v) is 2.98.